The maximum atomic E-state index is 12.8. The largest absolute Gasteiger partial charge is 0.456 e. The number of ether oxygens (including phenoxy) is 1. The molecule has 0 saturated heterocycles. The second kappa shape index (κ2) is 6.62. The monoisotopic (exact) mass is 322 g/mol. The predicted octanol–water partition coefficient (Wildman–Crippen LogP) is 4.25. The van der Waals surface area contributed by atoms with Gasteiger partial charge in [0.05, 0.1) is 26.2 Å². The van der Waals surface area contributed by atoms with Crippen LogP contribution in [-0.2, 0) is 4.74 Å². The quantitative estimate of drug-likeness (QED) is 0.399. The van der Waals surface area contributed by atoms with Gasteiger partial charge in [0.2, 0.25) is 0 Å². The maximum Gasteiger partial charge on any atom is 0.339 e. The van der Waals surface area contributed by atoms with Crippen LogP contribution in [0.3, 0.4) is 0 Å². The zero-order valence-electron chi connectivity index (χ0n) is 14.6. The summed E-state index contributed by atoms with van der Waals surface area (Å²) in [4.78, 5) is 12.8. The Balaban J connectivity index is 1.98. The van der Waals surface area contributed by atoms with Crippen molar-refractivity contribution in [3.63, 3.8) is 0 Å². The molecule has 3 rings (SSSR count). The third-order valence-electron chi connectivity index (χ3n) is 4.76. The fourth-order valence-corrected chi connectivity index (χ4v) is 2.85. The Bertz CT molecular complexity index is 829. The Kier molecular flexibility index (Phi) is 4.54. The maximum absolute atomic E-state index is 12.8. The minimum absolute atomic E-state index is 0.237. The summed E-state index contributed by atoms with van der Waals surface area (Å²) >= 11 is 0. The number of rotatable bonds is 5. The van der Waals surface area contributed by atoms with Crippen molar-refractivity contribution in [3.8, 4) is 0 Å². The zero-order valence-corrected chi connectivity index (χ0v) is 14.6. The van der Waals surface area contributed by atoms with Crippen LogP contribution in [-0.4, -0.2) is 44.2 Å². The van der Waals surface area contributed by atoms with Crippen LogP contribution < -0.4 is 0 Å². The molecule has 0 aliphatic heterocycles. The molecule has 0 atom stereocenters. The Morgan fingerprint density at radius 2 is 1.50 bits per heavy atom. The zero-order chi connectivity index (χ0) is 17.2. The van der Waals surface area contributed by atoms with Crippen LogP contribution in [0, 0.1) is 0 Å². The molecule has 0 heterocycles. The molecule has 3 aromatic carbocycles. The second-order valence-corrected chi connectivity index (χ2v) is 6.81. The smallest absolute Gasteiger partial charge is 0.339 e. The van der Waals surface area contributed by atoms with Crippen LogP contribution in [0.4, 0.5) is 0 Å². The fraction of sp³-hybridized carbons (Fsp3) is 0.286. The number of likely N-dealkylation sites (N-methyl/N-ethyl adjacent to an activating group) is 1. The third kappa shape index (κ3) is 3.26. The SMILES string of the molecule is CC[N+](C)(C)CCOC(=O)c1c2ccccc2cc2ccccc12. The predicted molar refractivity (Wildman–Crippen MR) is 99.3 cm³/mol. The van der Waals surface area contributed by atoms with Crippen LogP contribution in [0.1, 0.15) is 17.3 Å². The molecule has 0 aliphatic rings. The molecule has 0 aromatic heterocycles. The first-order chi connectivity index (χ1) is 11.5. The van der Waals surface area contributed by atoms with Crippen molar-refractivity contribution in [2.45, 2.75) is 6.92 Å². The van der Waals surface area contributed by atoms with Crippen LogP contribution >= 0.6 is 0 Å². The van der Waals surface area contributed by atoms with E-state index in [1.807, 2.05) is 48.5 Å². The fourth-order valence-electron chi connectivity index (χ4n) is 2.85. The lowest BCUT2D eigenvalue weighted by molar-refractivity contribution is -0.888. The van der Waals surface area contributed by atoms with Gasteiger partial charge < -0.3 is 9.22 Å². The minimum Gasteiger partial charge on any atom is -0.456 e. The number of esters is 1. The van der Waals surface area contributed by atoms with E-state index in [2.05, 4.69) is 27.1 Å². The third-order valence-corrected chi connectivity index (χ3v) is 4.76. The van der Waals surface area contributed by atoms with Gasteiger partial charge >= 0.3 is 5.97 Å². The van der Waals surface area contributed by atoms with Crippen molar-refractivity contribution >= 4 is 27.5 Å². The van der Waals surface area contributed by atoms with E-state index in [0.717, 1.165) is 39.1 Å². The average molecular weight is 322 g/mol. The van der Waals surface area contributed by atoms with Gasteiger partial charge in [0, 0.05) is 0 Å². The summed E-state index contributed by atoms with van der Waals surface area (Å²) in [7, 11) is 4.28. The molecular weight excluding hydrogens is 298 g/mol. The molecule has 0 saturated carbocycles. The molecule has 24 heavy (non-hydrogen) atoms. The van der Waals surface area contributed by atoms with Gasteiger partial charge in [-0.2, -0.15) is 0 Å². The summed E-state index contributed by atoms with van der Waals surface area (Å²) in [6.07, 6.45) is 0. The van der Waals surface area contributed by atoms with Gasteiger partial charge in [-0.05, 0) is 34.5 Å². The molecule has 0 spiro atoms. The van der Waals surface area contributed by atoms with E-state index < -0.39 is 0 Å². The number of nitrogens with zero attached hydrogens (tertiary/aromatic N) is 1. The molecule has 0 radical (unpaired) electrons. The number of carbonyl (C=O) groups is 1. The molecule has 0 amide bonds. The molecule has 0 unspecified atom stereocenters. The molecule has 0 N–H and O–H groups in total. The van der Waals surface area contributed by atoms with Gasteiger partial charge in [-0.25, -0.2) is 4.79 Å². The number of benzene rings is 3. The lowest BCUT2D eigenvalue weighted by Gasteiger charge is -2.27. The molecule has 0 aliphatic carbocycles. The molecule has 3 heteroatoms. The first kappa shape index (κ1) is 16.5. The van der Waals surface area contributed by atoms with E-state index in [-0.39, 0.29) is 5.97 Å². The molecule has 0 fully saturated rings. The van der Waals surface area contributed by atoms with Crippen molar-refractivity contribution in [1.82, 2.24) is 0 Å². The number of fused-ring (bicyclic) bond motifs is 2. The Labute approximate surface area is 143 Å². The first-order valence-corrected chi connectivity index (χ1v) is 8.41. The van der Waals surface area contributed by atoms with Crippen molar-refractivity contribution in [3.05, 3.63) is 60.2 Å². The minimum atomic E-state index is -0.237. The summed E-state index contributed by atoms with van der Waals surface area (Å²) in [6, 6.07) is 18.1. The van der Waals surface area contributed by atoms with Crippen molar-refractivity contribution in [2.75, 3.05) is 33.8 Å². The van der Waals surface area contributed by atoms with Crippen molar-refractivity contribution in [1.29, 1.82) is 0 Å². The lowest BCUT2D eigenvalue weighted by atomic mass is 9.97. The van der Waals surface area contributed by atoms with Gasteiger partial charge in [0.15, 0.2) is 0 Å². The van der Waals surface area contributed by atoms with Crippen molar-refractivity contribution < 1.29 is 14.0 Å². The molecular formula is C21H24NO2+. The highest BCUT2D eigenvalue weighted by Gasteiger charge is 2.18. The average Bonchev–Trinajstić information content (AvgIpc) is 2.59. The number of carbonyl (C=O) groups excluding carboxylic acids is 1. The topological polar surface area (TPSA) is 26.3 Å². The molecule has 3 nitrogen and oxygen atoms in total. The van der Waals surface area contributed by atoms with Crippen LogP contribution in [0.2, 0.25) is 0 Å². The second-order valence-electron chi connectivity index (χ2n) is 6.81. The van der Waals surface area contributed by atoms with Gasteiger partial charge in [0.1, 0.15) is 13.2 Å². The summed E-state index contributed by atoms with van der Waals surface area (Å²) in [5.41, 5.74) is 0.672. The van der Waals surface area contributed by atoms with Gasteiger partial charge in [-0.1, -0.05) is 48.5 Å². The molecule has 3 aromatic rings. The summed E-state index contributed by atoms with van der Waals surface area (Å²) in [5.74, 6) is -0.237. The standard InChI is InChI=1S/C21H24NO2/c1-4-22(2,3)13-14-24-21(23)20-18-11-7-5-9-16(18)15-17-10-6-8-12-19(17)20/h5-12,15H,4,13-14H2,1-3H3/q+1. The van der Waals surface area contributed by atoms with E-state index in [1.165, 1.54) is 0 Å². The number of hydrogen-bond donors (Lipinski definition) is 0. The summed E-state index contributed by atoms with van der Waals surface area (Å²) in [5, 5.41) is 4.02. The van der Waals surface area contributed by atoms with Gasteiger partial charge in [0.25, 0.3) is 0 Å². The van der Waals surface area contributed by atoms with Gasteiger partial charge in [-0.3, -0.25) is 0 Å². The highest BCUT2D eigenvalue weighted by molar-refractivity contribution is 6.16. The van der Waals surface area contributed by atoms with Gasteiger partial charge in [-0.15, -0.1) is 0 Å². The molecule has 124 valence electrons. The highest BCUT2D eigenvalue weighted by Crippen LogP contribution is 2.29. The highest BCUT2D eigenvalue weighted by atomic mass is 16.5. The van der Waals surface area contributed by atoms with Crippen LogP contribution in [0.25, 0.3) is 21.5 Å². The van der Waals surface area contributed by atoms with Crippen LogP contribution in [0.5, 0.6) is 0 Å². The normalized spacial score (nSPS) is 11.8. The van der Waals surface area contributed by atoms with E-state index in [0.29, 0.717) is 12.2 Å². The van der Waals surface area contributed by atoms with E-state index in [9.17, 15) is 4.79 Å². The van der Waals surface area contributed by atoms with E-state index in [4.69, 9.17) is 4.74 Å². The summed E-state index contributed by atoms with van der Waals surface area (Å²) in [6.45, 7) is 4.39. The first-order valence-electron chi connectivity index (χ1n) is 8.41. The Morgan fingerprint density at radius 1 is 0.958 bits per heavy atom. The lowest BCUT2D eigenvalue weighted by Crippen LogP contribution is -2.42. The molecule has 0 bridgehead atoms. The van der Waals surface area contributed by atoms with Crippen molar-refractivity contribution in [2.24, 2.45) is 0 Å². The summed E-state index contributed by atoms with van der Waals surface area (Å²) < 4.78 is 6.46. The van der Waals surface area contributed by atoms with E-state index >= 15 is 0 Å². The number of quaternary nitrogens is 1. The van der Waals surface area contributed by atoms with E-state index in [1.54, 1.807) is 0 Å². The Morgan fingerprint density at radius 3 is 2.04 bits per heavy atom. The Hall–Kier alpha value is -2.39. The van der Waals surface area contributed by atoms with Crippen LogP contribution in [0.15, 0.2) is 54.6 Å². The number of hydrogen-bond acceptors (Lipinski definition) is 2.